The molecule has 1 heterocycles. The number of rotatable bonds is 3. The summed E-state index contributed by atoms with van der Waals surface area (Å²) in [6, 6.07) is 7.93. The number of nitrogens with zero attached hydrogens (tertiary/aromatic N) is 4. The van der Waals surface area contributed by atoms with Crippen LogP contribution in [0.15, 0.2) is 35.1 Å². The van der Waals surface area contributed by atoms with E-state index in [0.717, 1.165) is 22.3 Å². The summed E-state index contributed by atoms with van der Waals surface area (Å²) < 4.78 is 2.69. The Hall–Kier alpha value is -1.80. The van der Waals surface area contributed by atoms with Crippen molar-refractivity contribution in [2.24, 2.45) is 7.05 Å². The Balaban J connectivity index is 2.24. The summed E-state index contributed by atoms with van der Waals surface area (Å²) in [5.74, 6) is 0. The maximum atomic E-state index is 9.15. The van der Waals surface area contributed by atoms with E-state index >= 15 is 0 Å². The zero-order valence-electron chi connectivity index (χ0n) is 10.3. The zero-order chi connectivity index (χ0) is 13.1. The third kappa shape index (κ3) is 2.71. The number of hydrogen-bond acceptors (Lipinski definition) is 3. The van der Waals surface area contributed by atoms with Crippen LogP contribution in [0.4, 0.5) is 5.69 Å². The Kier molecular flexibility index (Phi) is 3.68. The van der Waals surface area contributed by atoms with E-state index in [1.54, 1.807) is 4.68 Å². The molecule has 1 aromatic heterocycles. The van der Waals surface area contributed by atoms with Gasteiger partial charge in [-0.15, -0.1) is 0 Å². The molecule has 1 aromatic carbocycles. The van der Waals surface area contributed by atoms with Gasteiger partial charge in [-0.25, -0.2) is 0 Å². The lowest BCUT2D eigenvalue weighted by Gasteiger charge is -2.19. The molecule has 0 aliphatic heterocycles. The van der Waals surface area contributed by atoms with Gasteiger partial charge in [0, 0.05) is 36.9 Å². The highest BCUT2D eigenvalue weighted by Gasteiger charge is 2.09. The maximum Gasteiger partial charge on any atom is 0.101 e. The first-order valence-electron chi connectivity index (χ1n) is 5.48. The van der Waals surface area contributed by atoms with E-state index in [9.17, 15) is 0 Å². The summed E-state index contributed by atoms with van der Waals surface area (Å²) >= 11 is 3.37. The molecular formula is C13H13BrN4. The van der Waals surface area contributed by atoms with Crippen molar-refractivity contribution in [3.63, 3.8) is 0 Å². The Bertz CT molecular complexity index is 597. The minimum absolute atomic E-state index is 0.663. The number of nitriles is 1. The largest absolute Gasteiger partial charge is 0.369 e. The van der Waals surface area contributed by atoms with Gasteiger partial charge in [0.15, 0.2) is 0 Å². The molecule has 5 heteroatoms. The molecule has 0 unspecified atom stereocenters. The topological polar surface area (TPSA) is 44.9 Å². The minimum Gasteiger partial charge on any atom is -0.369 e. The molecule has 0 aliphatic rings. The molecule has 4 nitrogen and oxygen atoms in total. The van der Waals surface area contributed by atoms with Gasteiger partial charge in [0.1, 0.15) is 6.07 Å². The minimum atomic E-state index is 0.663. The van der Waals surface area contributed by atoms with Crippen LogP contribution < -0.4 is 4.90 Å². The molecule has 92 valence electrons. The summed E-state index contributed by atoms with van der Waals surface area (Å²) in [4.78, 5) is 2.04. The van der Waals surface area contributed by atoms with E-state index < -0.39 is 0 Å². The van der Waals surface area contributed by atoms with Crippen molar-refractivity contribution in [3.05, 3.63) is 46.2 Å². The molecule has 0 amide bonds. The van der Waals surface area contributed by atoms with E-state index in [0.29, 0.717) is 5.56 Å². The van der Waals surface area contributed by atoms with Crippen LogP contribution in [0.1, 0.15) is 11.1 Å². The van der Waals surface area contributed by atoms with Gasteiger partial charge in [0.25, 0.3) is 0 Å². The molecule has 18 heavy (non-hydrogen) atoms. The number of aryl methyl sites for hydroxylation is 1. The summed E-state index contributed by atoms with van der Waals surface area (Å²) in [6.45, 7) is 0.726. The van der Waals surface area contributed by atoms with Gasteiger partial charge < -0.3 is 4.90 Å². The van der Waals surface area contributed by atoms with Gasteiger partial charge in [-0.05, 0) is 18.2 Å². The second kappa shape index (κ2) is 5.23. The summed E-state index contributed by atoms with van der Waals surface area (Å²) in [7, 11) is 3.86. The first kappa shape index (κ1) is 12.7. The van der Waals surface area contributed by atoms with Crippen molar-refractivity contribution in [2.45, 2.75) is 6.54 Å². The van der Waals surface area contributed by atoms with Gasteiger partial charge in [-0.2, -0.15) is 10.4 Å². The molecule has 0 saturated carbocycles. The molecule has 2 aromatic rings. The van der Waals surface area contributed by atoms with Crippen molar-refractivity contribution in [3.8, 4) is 6.07 Å². The van der Waals surface area contributed by atoms with Crippen LogP contribution in [0.2, 0.25) is 0 Å². The van der Waals surface area contributed by atoms with E-state index in [1.807, 2.05) is 49.6 Å². The van der Waals surface area contributed by atoms with Gasteiger partial charge >= 0.3 is 0 Å². The van der Waals surface area contributed by atoms with Crippen LogP contribution >= 0.6 is 15.9 Å². The highest BCUT2D eigenvalue weighted by molar-refractivity contribution is 9.10. The van der Waals surface area contributed by atoms with Crippen LogP contribution in [0.3, 0.4) is 0 Å². The summed E-state index contributed by atoms with van der Waals surface area (Å²) in [5, 5.41) is 13.3. The van der Waals surface area contributed by atoms with Crippen molar-refractivity contribution in [2.75, 3.05) is 11.9 Å². The number of halogens is 1. The van der Waals surface area contributed by atoms with Crippen LogP contribution in [0.25, 0.3) is 0 Å². The summed E-state index contributed by atoms with van der Waals surface area (Å²) in [5.41, 5.74) is 2.70. The van der Waals surface area contributed by atoms with Crippen LogP contribution in [0, 0.1) is 11.3 Å². The zero-order valence-corrected chi connectivity index (χ0v) is 11.8. The van der Waals surface area contributed by atoms with Crippen molar-refractivity contribution >= 4 is 21.6 Å². The number of benzene rings is 1. The van der Waals surface area contributed by atoms with E-state index in [-0.39, 0.29) is 0 Å². The van der Waals surface area contributed by atoms with Crippen molar-refractivity contribution in [1.82, 2.24) is 9.78 Å². The fourth-order valence-electron chi connectivity index (χ4n) is 1.84. The average molecular weight is 305 g/mol. The Morgan fingerprint density at radius 2 is 2.28 bits per heavy atom. The molecule has 0 radical (unpaired) electrons. The average Bonchev–Trinajstić information content (AvgIpc) is 2.74. The molecule has 0 saturated heterocycles. The standard InChI is InChI=1S/C13H13BrN4/c1-17(8-10-7-16-18(2)9-10)13-4-3-12(14)5-11(13)6-15/h3-5,7,9H,8H2,1-2H3. The predicted molar refractivity (Wildman–Crippen MR) is 74.2 cm³/mol. The van der Waals surface area contributed by atoms with Crippen molar-refractivity contribution < 1.29 is 0 Å². The number of aromatic nitrogens is 2. The highest BCUT2D eigenvalue weighted by atomic mass is 79.9. The van der Waals surface area contributed by atoms with Crippen LogP contribution in [-0.4, -0.2) is 16.8 Å². The lowest BCUT2D eigenvalue weighted by molar-refractivity contribution is 0.766. The van der Waals surface area contributed by atoms with Crippen LogP contribution in [-0.2, 0) is 13.6 Å². The maximum absolute atomic E-state index is 9.15. The fourth-order valence-corrected chi connectivity index (χ4v) is 2.20. The third-order valence-electron chi connectivity index (χ3n) is 2.67. The lowest BCUT2D eigenvalue weighted by Crippen LogP contribution is -2.17. The van der Waals surface area contributed by atoms with Gasteiger partial charge in [0.2, 0.25) is 0 Å². The highest BCUT2D eigenvalue weighted by Crippen LogP contribution is 2.24. The van der Waals surface area contributed by atoms with Crippen LogP contribution in [0.5, 0.6) is 0 Å². The predicted octanol–water partition coefficient (Wildman–Crippen LogP) is 2.69. The second-order valence-electron chi connectivity index (χ2n) is 4.15. The second-order valence-corrected chi connectivity index (χ2v) is 5.07. The molecule has 2 rings (SSSR count). The Morgan fingerprint density at radius 1 is 1.50 bits per heavy atom. The Labute approximate surface area is 115 Å². The smallest absolute Gasteiger partial charge is 0.101 e. The SMILES string of the molecule is CN(Cc1cnn(C)c1)c1ccc(Br)cc1C#N. The van der Waals surface area contributed by atoms with Gasteiger partial charge in [-0.1, -0.05) is 15.9 Å². The van der Waals surface area contributed by atoms with Crippen molar-refractivity contribution in [1.29, 1.82) is 5.26 Å². The fraction of sp³-hybridized carbons (Fsp3) is 0.231. The van der Waals surface area contributed by atoms with E-state index in [4.69, 9.17) is 5.26 Å². The van der Waals surface area contributed by atoms with E-state index in [1.165, 1.54) is 0 Å². The normalized spacial score (nSPS) is 10.1. The van der Waals surface area contributed by atoms with E-state index in [2.05, 4.69) is 27.1 Å². The first-order chi connectivity index (χ1) is 8.60. The Morgan fingerprint density at radius 3 is 2.89 bits per heavy atom. The molecular weight excluding hydrogens is 292 g/mol. The summed E-state index contributed by atoms with van der Waals surface area (Å²) in [6.07, 6.45) is 3.81. The molecule has 0 fully saturated rings. The third-order valence-corrected chi connectivity index (χ3v) is 3.16. The molecule has 0 N–H and O–H groups in total. The number of hydrogen-bond donors (Lipinski definition) is 0. The van der Waals surface area contributed by atoms with Gasteiger partial charge in [-0.3, -0.25) is 4.68 Å². The lowest BCUT2D eigenvalue weighted by atomic mass is 10.1. The van der Waals surface area contributed by atoms with Gasteiger partial charge in [0.05, 0.1) is 17.4 Å². The molecule has 0 spiro atoms. The first-order valence-corrected chi connectivity index (χ1v) is 6.28. The molecule has 0 atom stereocenters. The number of anilines is 1. The molecule has 0 bridgehead atoms. The quantitative estimate of drug-likeness (QED) is 0.876. The molecule has 0 aliphatic carbocycles. The monoisotopic (exact) mass is 304 g/mol.